The van der Waals surface area contributed by atoms with Gasteiger partial charge in [0.05, 0.1) is 16.8 Å². The van der Waals surface area contributed by atoms with Crippen molar-refractivity contribution in [2.75, 3.05) is 13.1 Å². The quantitative estimate of drug-likeness (QED) is 0.594. The molecule has 1 saturated heterocycles. The molecule has 0 bridgehead atoms. The van der Waals surface area contributed by atoms with Crippen LogP contribution in [0.4, 0.5) is 4.39 Å². The first-order valence-corrected chi connectivity index (χ1v) is 9.84. The first kappa shape index (κ1) is 18.7. The molecule has 1 aromatic carbocycles. The van der Waals surface area contributed by atoms with Gasteiger partial charge in [0, 0.05) is 36.9 Å². The standard InChI is InChI=1S/C22H16ClFN4O2/c23-16-6-4-15(5-7-16)22-12-18-17(2-1-9-25-18)21(30)28(22)11-10-27(22)20(29)14-3-8-19(24)26-13-14/h1-9,13H,10-12H2/t22-/m0/s1. The fourth-order valence-electron chi connectivity index (χ4n) is 4.39. The number of carbonyl (C=O) groups is 2. The fourth-order valence-corrected chi connectivity index (χ4v) is 4.51. The summed E-state index contributed by atoms with van der Waals surface area (Å²) in [5.41, 5.74) is 1.14. The molecular weight excluding hydrogens is 407 g/mol. The number of halogens is 2. The van der Waals surface area contributed by atoms with Gasteiger partial charge in [-0.05, 0) is 42.0 Å². The van der Waals surface area contributed by atoms with E-state index in [2.05, 4.69) is 9.97 Å². The number of pyridine rings is 2. The van der Waals surface area contributed by atoms with Crippen molar-refractivity contribution in [3.8, 4) is 0 Å². The minimum absolute atomic E-state index is 0.174. The number of rotatable bonds is 2. The molecule has 1 fully saturated rings. The van der Waals surface area contributed by atoms with Gasteiger partial charge in [0.1, 0.15) is 5.66 Å². The highest BCUT2D eigenvalue weighted by Gasteiger charge is 2.56. The molecule has 150 valence electrons. The number of carbonyl (C=O) groups excluding carboxylic acids is 2. The van der Waals surface area contributed by atoms with Crippen molar-refractivity contribution >= 4 is 23.4 Å². The van der Waals surface area contributed by atoms with E-state index in [0.29, 0.717) is 35.8 Å². The first-order chi connectivity index (χ1) is 14.5. The molecule has 3 aromatic rings. The van der Waals surface area contributed by atoms with Crippen LogP contribution in [0.5, 0.6) is 0 Å². The minimum atomic E-state index is -1.05. The third-order valence-electron chi connectivity index (χ3n) is 5.75. The molecule has 2 aliphatic heterocycles. The third-order valence-corrected chi connectivity index (χ3v) is 6.00. The predicted molar refractivity (Wildman–Crippen MR) is 107 cm³/mol. The normalized spacial score (nSPS) is 20.1. The maximum atomic E-state index is 13.5. The van der Waals surface area contributed by atoms with Crippen molar-refractivity contribution in [1.29, 1.82) is 0 Å². The predicted octanol–water partition coefficient (Wildman–Crippen LogP) is 3.28. The average molecular weight is 423 g/mol. The number of benzene rings is 1. The summed E-state index contributed by atoms with van der Waals surface area (Å²) in [6, 6.07) is 13.2. The molecule has 0 radical (unpaired) electrons. The summed E-state index contributed by atoms with van der Waals surface area (Å²) in [6.45, 7) is 0.703. The summed E-state index contributed by atoms with van der Waals surface area (Å²) in [4.78, 5) is 38.2. The van der Waals surface area contributed by atoms with E-state index in [-0.39, 0.29) is 17.4 Å². The van der Waals surface area contributed by atoms with Crippen LogP contribution in [0.3, 0.4) is 0 Å². The van der Waals surface area contributed by atoms with Crippen molar-refractivity contribution in [3.63, 3.8) is 0 Å². The van der Waals surface area contributed by atoms with Crippen LogP contribution < -0.4 is 0 Å². The first-order valence-electron chi connectivity index (χ1n) is 9.46. The highest BCUT2D eigenvalue weighted by Crippen LogP contribution is 2.45. The molecule has 2 aromatic heterocycles. The minimum Gasteiger partial charge on any atom is -0.309 e. The van der Waals surface area contributed by atoms with Crippen molar-refractivity contribution in [1.82, 2.24) is 19.8 Å². The lowest BCUT2D eigenvalue weighted by Crippen LogP contribution is -2.58. The Morgan fingerprint density at radius 2 is 1.87 bits per heavy atom. The molecule has 8 heteroatoms. The molecule has 0 unspecified atom stereocenters. The van der Waals surface area contributed by atoms with Crippen LogP contribution in [0.25, 0.3) is 0 Å². The van der Waals surface area contributed by atoms with Crippen molar-refractivity contribution in [3.05, 3.63) is 94.3 Å². The topological polar surface area (TPSA) is 66.4 Å². The van der Waals surface area contributed by atoms with Gasteiger partial charge in [-0.1, -0.05) is 23.7 Å². The van der Waals surface area contributed by atoms with Gasteiger partial charge in [-0.25, -0.2) is 4.98 Å². The highest BCUT2D eigenvalue weighted by molar-refractivity contribution is 6.30. The lowest BCUT2D eigenvalue weighted by Gasteiger charge is -2.46. The van der Waals surface area contributed by atoms with Crippen molar-refractivity contribution in [2.24, 2.45) is 0 Å². The number of aromatic nitrogens is 2. The van der Waals surface area contributed by atoms with Crippen LogP contribution in [0.2, 0.25) is 5.02 Å². The Labute approximate surface area is 176 Å². The molecular formula is C22H16ClFN4O2. The van der Waals surface area contributed by atoms with Crippen LogP contribution in [-0.2, 0) is 12.1 Å². The Hall–Kier alpha value is -3.32. The molecule has 4 heterocycles. The van der Waals surface area contributed by atoms with Gasteiger partial charge in [-0.3, -0.25) is 14.6 Å². The molecule has 0 spiro atoms. The average Bonchev–Trinajstić information content (AvgIpc) is 3.15. The van der Waals surface area contributed by atoms with Gasteiger partial charge in [-0.2, -0.15) is 4.39 Å². The van der Waals surface area contributed by atoms with Gasteiger partial charge < -0.3 is 9.80 Å². The van der Waals surface area contributed by atoms with Gasteiger partial charge in [0.15, 0.2) is 0 Å². The summed E-state index contributed by atoms with van der Waals surface area (Å²) < 4.78 is 13.3. The van der Waals surface area contributed by atoms with E-state index in [9.17, 15) is 14.0 Å². The van der Waals surface area contributed by atoms with Crippen molar-refractivity contribution < 1.29 is 14.0 Å². The summed E-state index contributed by atoms with van der Waals surface area (Å²) in [6.07, 6.45) is 3.20. The van der Waals surface area contributed by atoms with E-state index in [1.165, 1.54) is 12.3 Å². The monoisotopic (exact) mass is 422 g/mol. The van der Waals surface area contributed by atoms with Gasteiger partial charge in [0.25, 0.3) is 11.8 Å². The molecule has 0 N–H and O–H groups in total. The van der Waals surface area contributed by atoms with E-state index in [1.807, 2.05) is 12.1 Å². The highest BCUT2D eigenvalue weighted by atomic mass is 35.5. The molecule has 5 rings (SSSR count). The SMILES string of the molecule is O=C(c1ccc(F)nc1)N1CCN2C(=O)c3cccnc3C[C@]12c1ccc(Cl)cc1. The third kappa shape index (κ3) is 2.69. The maximum Gasteiger partial charge on any atom is 0.257 e. The van der Waals surface area contributed by atoms with Gasteiger partial charge in [0.2, 0.25) is 5.95 Å². The molecule has 1 atom stereocenters. The zero-order valence-electron chi connectivity index (χ0n) is 15.8. The van der Waals surface area contributed by atoms with Gasteiger partial charge >= 0.3 is 0 Å². The van der Waals surface area contributed by atoms with Crippen LogP contribution in [-0.4, -0.2) is 44.7 Å². The number of amides is 2. The smallest absolute Gasteiger partial charge is 0.257 e. The summed E-state index contributed by atoms with van der Waals surface area (Å²) in [5.74, 6) is -1.16. The number of hydrogen-bond donors (Lipinski definition) is 0. The van der Waals surface area contributed by atoms with E-state index in [0.717, 1.165) is 11.6 Å². The number of nitrogens with zero attached hydrogens (tertiary/aromatic N) is 4. The molecule has 0 saturated carbocycles. The Bertz CT molecular complexity index is 1150. The molecule has 30 heavy (non-hydrogen) atoms. The Morgan fingerprint density at radius 3 is 2.60 bits per heavy atom. The second-order valence-corrected chi connectivity index (χ2v) is 7.72. The summed E-state index contributed by atoms with van der Waals surface area (Å²) in [5, 5.41) is 0.556. The lowest BCUT2D eigenvalue weighted by molar-refractivity contribution is 0.00702. The van der Waals surface area contributed by atoms with E-state index < -0.39 is 11.6 Å². The van der Waals surface area contributed by atoms with Crippen LogP contribution in [0.1, 0.15) is 32.0 Å². The Morgan fingerprint density at radius 1 is 1.07 bits per heavy atom. The Balaban J connectivity index is 1.68. The second-order valence-electron chi connectivity index (χ2n) is 7.28. The zero-order valence-corrected chi connectivity index (χ0v) is 16.5. The largest absolute Gasteiger partial charge is 0.309 e. The van der Waals surface area contributed by atoms with Crippen LogP contribution in [0, 0.1) is 5.95 Å². The Kier molecular flexibility index (Phi) is 4.29. The molecule has 6 nitrogen and oxygen atoms in total. The number of hydrogen-bond acceptors (Lipinski definition) is 4. The van der Waals surface area contributed by atoms with Crippen molar-refractivity contribution in [2.45, 2.75) is 12.1 Å². The molecule has 2 aliphatic rings. The molecule has 0 aliphatic carbocycles. The fraction of sp³-hybridized carbons (Fsp3) is 0.182. The lowest BCUT2D eigenvalue weighted by atomic mass is 9.86. The van der Waals surface area contributed by atoms with Crippen LogP contribution >= 0.6 is 11.6 Å². The van der Waals surface area contributed by atoms with Crippen LogP contribution in [0.15, 0.2) is 60.9 Å². The summed E-state index contributed by atoms with van der Waals surface area (Å²) in [7, 11) is 0. The van der Waals surface area contributed by atoms with E-state index in [4.69, 9.17) is 11.6 Å². The molecule has 2 amide bonds. The van der Waals surface area contributed by atoms with Gasteiger partial charge in [-0.15, -0.1) is 0 Å². The summed E-state index contributed by atoms with van der Waals surface area (Å²) >= 11 is 6.09. The number of fused-ring (bicyclic) bond motifs is 2. The second kappa shape index (κ2) is 6.88. The zero-order chi connectivity index (χ0) is 20.9. The maximum absolute atomic E-state index is 13.5. The van der Waals surface area contributed by atoms with E-state index in [1.54, 1.807) is 40.3 Å². The van der Waals surface area contributed by atoms with E-state index >= 15 is 0 Å².